The highest BCUT2D eigenvalue weighted by Crippen LogP contribution is 2.18. The maximum atomic E-state index is 5.96. The van der Waals surface area contributed by atoms with E-state index in [2.05, 4.69) is 44.4 Å². The molecule has 0 spiro atoms. The molecule has 7 heteroatoms. The summed E-state index contributed by atoms with van der Waals surface area (Å²) in [6.45, 7) is 7.96. The molecule has 0 atom stereocenters. The van der Waals surface area contributed by atoms with Gasteiger partial charge in [-0.25, -0.2) is 0 Å². The van der Waals surface area contributed by atoms with E-state index >= 15 is 0 Å². The lowest BCUT2D eigenvalue weighted by molar-refractivity contribution is 0.00991. The average Bonchev–Trinajstić information content (AvgIpc) is 2.77. The standard InChI is InChI=1S/C23H38N4O2.HI/c1-24-23(27-15-10-22(11-16-27)29-18-6-17-28-2)25-12-5-13-26-14-9-20-7-3-4-8-21(20)19-26;/h3-4,7-8,22H,5-6,9-19H2,1-2H3,(H,24,25);1H. The number of benzene rings is 1. The maximum Gasteiger partial charge on any atom is 0.193 e. The summed E-state index contributed by atoms with van der Waals surface area (Å²) in [6.07, 6.45) is 5.81. The van der Waals surface area contributed by atoms with Crippen molar-refractivity contribution in [3.8, 4) is 0 Å². The quantitative estimate of drug-likeness (QED) is 0.230. The van der Waals surface area contributed by atoms with Crippen LogP contribution in [-0.2, 0) is 22.4 Å². The average molecular weight is 530 g/mol. The van der Waals surface area contributed by atoms with E-state index in [1.807, 2.05) is 7.05 Å². The molecule has 0 unspecified atom stereocenters. The predicted molar refractivity (Wildman–Crippen MR) is 134 cm³/mol. The number of hydrogen-bond acceptors (Lipinski definition) is 4. The number of likely N-dealkylation sites (tertiary alicyclic amines) is 1. The normalized spacial score (nSPS) is 18.1. The molecule has 2 heterocycles. The highest BCUT2D eigenvalue weighted by Gasteiger charge is 2.22. The molecule has 6 nitrogen and oxygen atoms in total. The molecule has 30 heavy (non-hydrogen) atoms. The van der Waals surface area contributed by atoms with Crippen LogP contribution in [0.1, 0.15) is 36.8 Å². The van der Waals surface area contributed by atoms with Crippen LogP contribution in [0.5, 0.6) is 0 Å². The third-order valence-corrected chi connectivity index (χ3v) is 5.94. The van der Waals surface area contributed by atoms with Crippen molar-refractivity contribution in [2.45, 2.75) is 44.8 Å². The van der Waals surface area contributed by atoms with E-state index in [1.54, 1.807) is 7.11 Å². The Hall–Kier alpha value is -0.900. The molecule has 2 aliphatic rings. The third-order valence-electron chi connectivity index (χ3n) is 5.94. The number of methoxy groups -OCH3 is 1. The summed E-state index contributed by atoms with van der Waals surface area (Å²) in [5, 5.41) is 3.56. The van der Waals surface area contributed by atoms with Gasteiger partial charge in [0.15, 0.2) is 5.96 Å². The number of guanidine groups is 1. The highest BCUT2D eigenvalue weighted by atomic mass is 127. The van der Waals surface area contributed by atoms with E-state index in [0.717, 1.165) is 77.6 Å². The molecule has 170 valence electrons. The smallest absolute Gasteiger partial charge is 0.193 e. The number of ether oxygens (including phenoxy) is 2. The minimum absolute atomic E-state index is 0. The first-order valence-corrected chi connectivity index (χ1v) is 11.2. The summed E-state index contributed by atoms with van der Waals surface area (Å²) < 4.78 is 11.0. The molecule has 0 radical (unpaired) electrons. The molecule has 1 aromatic carbocycles. The molecule has 1 aromatic rings. The van der Waals surface area contributed by atoms with Gasteiger partial charge in [0, 0.05) is 66.6 Å². The van der Waals surface area contributed by atoms with Crippen LogP contribution < -0.4 is 5.32 Å². The third kappa shape index (κ3) is 7.98. The Kier molecular flexibility index (Phi) is 12.0. The molecule has 0 amide bonds. The lowest BCUT2D eigenvalue weighted by atomic mass is 10.00. The van der Waals surface area contributed by atoms with Gasteiger partial charge in [-0.3, -0.25) is 9.89 Å². The van der Waals surface area contributed by atoms with Crippen molar-refractivity contribution >= 4 is 29.9 Å². The van der Waals surface area contributed by atoms with Crippen molar-refractivity contribution in [3.05, 3.63) is 35.4 Å². The predicted octanol–water partition coefficient (Wildman–Crippen LogP) is 3.15. The molecule has 0 bridgehead atoms. The fourth-order valence-corrected chi connectivity index (χ4v) is 4.27. The molecular formula is C23H39IN4O2. The Labute approximate surface area is 199 Å². The van der Waals surface area contributed by atoms with E-state index in [9.17, 15) is 0 Å². The van der Waals surface area contributed by atoms with Gasteiger partial charge in [0.2, 0.25) is 0 Å². The topological polar surface area (TPSA) is 49.3 Å². The van der Waals surface area contributed by atoms with Gasteiger partial charge in [-0.1, -0.05) is 24.3 Å². The minimum Gasteiger partial charge on any atom is -0.385 e. The number of hydrogen-bond donors (Lipinski definition) is 1. The highest BCUT2D eigenvalue weighted by molar-refractivity contribution is 14.0. The van der Waals surface area contributed by atoms with Crippen LogP contribution in [-0.4, -0.2) is 82.0 Å². The maximum absolute atomic E-state index is 5.96. The number of nitrogens with one attached hydrogen (secondary N) is 1. The number of rotatable bonds is 9. The minimum atomic E-state index is 0. The van der Waals surface area contributed by atoms with Gasteiger partial charge in [0.05, 0.1) is 6.10 Å². The summed E-state index contributed by atoms with van der Waals surface area (Å²) in [6, 6.07) is 8.85. The lowest BCUT2D eigenvalue weighted by Crippen LogP contribution is -2.47. The van der Waals surface area contributed by atoms with Crippen molar-refractivity contribution in [1.29, 1.82) is 0 Å². The largest absolute Gasteiger partial charge is 0.385 e. The lowest BCUT2D eigenvalue weighted by Gasteiger charge is -2.34. The zero-order valence-corrected chi connectivity index (χ0v) is 21.0. The zero-order valence-electron chi connectivity index (χ0n) is 18.6. The fourth-order valence-electron chi connectivity index (χ4n) is 4.27. The second-order valence-electron chi connectivity index (χ2n) is 8.03. The molecule has 3 rings (SSSR count). The SMILES string of the molecule is CN=C(NCCCN1CCc2ccccc2C1)N1CCC(OCCCOC)CC1.I. The first-order chi connectivity index (χ1) is 14.3. The van der Waals surface area contributed by atoms with Crippen LogP contribution in [0.15, 0.2) is 29.3 Å². The molecule has 0 aliphatic carbocycles. The van der Waals surface area contributed by atoms with Gasteiger partial charge in [0.25, 0.3) is 0 Å². The van der Waals surface area contributed by atoms with Crippen molar-refractivity contribution in [2.75, 3.05) is 60.1 Å². The van der Waals surface area contributed by atoms with Crippen molar-refractivity contribution < 1.29 is 9.47 Å². The summed E-state index contributed by atoms with van der Waals surface area (Å²) in [5.41, 5.74) is 3.02. The van der Waals surface area contributed by atoms with Crippen LogP contribution in [0.25, 0.3) is 0 Å². The first-order valence-electron chi connectivity index (χ1n) is 11.2. The summed E-state index contributed by atoms with van der Waals surface area (Å²) in [5.74, 6) is 1.03. The number of fused-ring (bicyclic) bond motifs is 1. The van der Waals surface area contributed by atoms with Gasteiger partial charge in [-0.15, -0.1) is 24.0 Å². The van der Waals surface area contributed by atoms with Crippen LogP contribution in [0.3, 0.4) is 0 Å². The summed E-state index contributed by atoms with van der Waals surface area (Å²) in [4.78, 5) is 9.43. The van der Waals surface area contributed by atoms with Gasteiger partial charge in [-0.2, -0.15) is 0 Å². The van der Waals surface area contributed by atoms with E-state index in [1.165, 1.54) is 24.1 Å². The first kappa shape index (κ1) is 25.4. The zero-order chi connectivity index (χ0) is 20.3. The second-order valence-corrected chi connectivity index (χ2v) is 8.03. The van der Waals surface area contributed by atoms with Gasteiger partial charge in [-0.05, 0) is 43.2 Å². The van der Waals surface area contributed by atoms with E-state index < -0.39 is 0 Å². The van der Waals surface area contributed by atoms with Gasteiger partial charge >= 0.3 is 0 Å². The Morgan fingerprint density at radius 3 is 2.60 bits per heavy atom. The Morgan fingerprint density at radius 1 is 1.10 bits per heavy atom. The number of piperidine rings is 1. The Bertz CT molecular complexity index is 635. The Morgan fingerprint density at radius 2 is 1.87 bits per heavy atom. The molecule has 0 aromatic heterocycles. The number of aliphatic imine (C=N–C) groups is 1. The van der Waals surface area contributed by atoms with Gasteiger partial charge < -0.3 is 19.7 Å². The molecular weight excluding hydrogens is 491 g/mol. The Balaban J connectivity index is 0.00000320. The summed E-state index contributed by atoms with van der Waals surface area (Å²) in [7, 11) is 3.62. The van der Waals surface area contributed by atoms with Crippen LogP contribution in [0.4, 0.5) is 0 Å². The van der Waals surface area contributed by atoms with Crippen molar-refractivity contribution in [1.82, 2.24) is 15.1 Å². The molecule has 0 saturated carbocycles. The van der Waals surface area contributed by atoms with E-state index in [-0.39, 0.29) is 24.0 Å². The van der Waals surface area contributed by atoms with Crippen molar-refractivity contribution in [2.24, 2.45) is 4.99 Å². The van der Waals surface area contributed by atoms with E-state index in [4.69, 9.17) is 9.47 Å². The van der Waals surface area contributed by atoms with E-state index in [0.29, 0.717) is 6.10 Å². The monoisotopic (exact) mass is 530 g/mol. The van der Waals surface area contributed by atoms with Crippen LogP contribution >= 0.6 is 24.0 Å². The number of halogens is 1. The van der Waals surface area contributed by atoms with Crippen LogP contribution in [0.2, 0.25) is 0 Å². The molecule has 1 fully saturated rings. The second kappa shape index (κ2) is 14.2. The number of nitrogens with zero attached hydrogens (tertiary/aromatic N) is 3. The molecule has 1 saturated heterocycles. The fraction of sp³-hybridized carbons (Fsp3) is 0.696. The van der Waals surface area contributed by atoms with Crippen molar-refractivity contribution in [3.63, 3.8) is 0 Å². The van der Waals surface area contributed by atoms with Gasteiger partial charge in [0.1, 0.15) is 0 Å². The van der Waals surface area contributed by atoms with Crippen LogP contribution in [0, 0.1) is 0 Å². The molecule has 1 N–H and O–H groups in total. The summed E-state index contributed by atoms with van der Waals surface area (Å²) >= 11 is 0. The molecule has 2 aliphatic heterocycles.